The van der Waals surface area contributed by atoms with Crippen molar-refractivity contribution in [1.82, 2.24) is 0 Å². The predicted molar refractivity (Wildman–Crippen MR) is 54.9 cm³/mol. The van der Waals surface area contributed by atoms with E-state index in [1.54, 1.807) is 13.8 Å². The van der Waals surface area contributed by atoms with Gasteiger partial charge in [-0.3, -0.25) is 4.79 Å². The summed E-state index contributed by atoms with van der Waals surface area (Å²) in [7, 11) is 0. The Morgan fingerprint density at radius 2 is 1.93 bits per heavy atom. The number of esters is 1. The van der Waals surface area contributed by atoms with Crippen molar-refractivity contribution in [1.29, 1.82) is 0 Å². The zero-order valence-corrected chi connectivity index (χ0v) is 9.50. The fourth-order valence-electron chi connectivity index (χ4n) is 0.698. The van der Waals surface area contributed by atoms with Crippen LogP contribution in [-0.4, -0.2) is 31.3 Å². The van der Waals surface area contributed by atoms with Crippen LogP contribution in [0.4, 0.5) is 0 Å². The molecule has 0 aliphatic heterocycles. The van der Waals surface area contributed by atoms with Gasteiger partial charge in [0.2, 0.25) is 0 Å². The maximum absolute atomic E-state index is 11.2. The van der Waals surface area contributed by atoms with Gasteiger partial charge in [0.1, 0.15) is 12.1 Å². The summed E-state index contributed by atoms with van der Waals surface area (Å²) < 4.78 is 10.1. The van der Waals surface area contributed by atoms with Gasteiger partial charge in [-0.2, -0.15) is 0 Å². The fraction of sp³-hybridized carbons (Fsp3) is 0.900. The molecule has 0 aliphatic rings. The first-order valence-corrected chi connectivity index (χ1v) is 4.88. The van der Waals surface area contributed by atoms with Crippen LogP contribution in [0.15, 0.2) is 0 Å². The third kappa shape index (κ3) is 6.86. The number of hydrogen-bond donors (Lipinski definition) is 1. The molecule has 0 fully saturated rings. The molecule has 0 rings (SSSR count). The molecule has 0 radical (unpaired) electrons. The van der Waals surface area contributed by atoms with E-state index in [0.29, 0.717) is 19.1 Å². The van der Waals surface area contributed by atoms with Gasteiger partial charge in [-0.05, 0) is 19.8 Å². The van der Waals surface area contributed by atoms with Crippen molar-refractivity contribution in [2.45, 2.75) is 33.2 Å². The van der Waals surface area contributed by atoms with Crippen LogP contribution in [0, 0.1) is 5.92 Å². The lowest BCUT2D eigenvalue weighted by Crippen LogP contribution is -2.43. The van der Waals surface area contributed by atoms with Crippen LogP contribution in [0.3, 0.4) is 0 Å². The van der Waals surface area contributed by atoms with Crippen molar-refractivity contribution in [3.05, 3.63) is 0 Å². The van der Waals surface area contributed by atoms with Crippen molar-refractivity contribution in [3.63, 3.8) is 0 Å². The molecular weight excluding hydrogens is 182 g/mol. The summed E-state index contributed by atoms with van der Waals surface area (Å²) in [6, 6.07) is 0. The van der Waals surface area contributed by atoms with Crippen LogP contribution in [-0.2, 0) is 14.3 Å². The molecule has 14 heavy (non-hydrogen) atoms. The summed E-state index contributed by atoms with van der Waals surface area (Å²) in [5, 5.41) is 0. The van der Waals surface area contributed by atoms with Gasteiger partial charge in [-0.25, -0.2) is 0 Å². The van der Waals surface area contributed by atoms with Gasteiger partial charge in [-0.15, -0.1) is 0 Å². The minimum atomic E-state index is -0.919. The first-order chi connectivity index (χ1) is 6.34. The molecule has 0 aromatic rings. The second kappa shape index (κ2) is 5.98. The van der Waals surface area contributed by atoms with Crippen molar-refractivity contribution in [2.75, 3.05) is 19.8 Å². The number of ether oxygens (including phenoxy) is 2. The molecule has 84 valence electrons. The second-order valence-electron chi connectivity index (χ2n) is 4.33. The molecule has 0 aromatic carbocycles. The van der Waals surface area contributed by atoms with Gasteiger partial charge in [-0.1, -0.05) is 13.8 Å². The van der Waals surface area contributed by atoms with E-state index in [0.717, 1.165) is 0 Å². The van der Waals surface area contributed by atoms with Crippen LogP contribution in [0.25, 0.3) is 0 Å². The highest BCUT2D eigenvalue weighted by Gasteiger charge is 2.23. The summed E-state index contributed by atoms with van der Waals surface area (Å²) >= 11 is 0. The maximum atomic E-state index is 11.2. The van der Waals surface area contributed by atoms with Gasteiger partial charge in [0.05, 0.1) is 6.61 Å². The highest BCUT2D eigenvalue weighted by molar-refractivity contribution is 5.79. The van der Waals surface area contributed by atoms with E-state index in [-0.39, 0.29) is 6.61 Å². The molecule has 0 unspecified atom stereocenters. The lowest BCUT2D eigenvalue weighted by Gasteiger charge is -2.16. The Balaban J connectivity index is 3.42. The number of carbonyl (C=O) groups is 1. The maximum Gasteiger partial charge on any atom is 0.325 e. The minimum absolute atomic E-state index is 0.270. The molecule has 0 aromatic heterocycles. The van der Waals surface area contributed by atoms with Crippen LogP contribution in [0.5, 0.6) is 0 Å². The average Bonchev–Trinajstić information content (AvgIpc) is 2.01. The van der Waals surface area contributed by atoms with Crippen LogP contribution in [0.2, 0.25) is 0 Å². The van der Waals surface area contributed by atoms with Crippen molar-refractivity contribution < 1.29 is 14.3 Å². The van der Waals surface area contributed by atoms with Crippen molar-refractivity contribution >= 4 is 5.97 Å². The standard InChI is InChI=1S/C10H21NO3/c1-8(2)7-13-5-6-14-9(12)10(3,4)11/h8H,5-7,11H2,1-4H3. The van der Waals surface area contributed by atoms with Crippen LogP contribution < -0.4 is 5.73 Å². The Labute approximate surface area is 85.8 Å². The van der Waals surface area contributed by atoms with Gasteiger partial charge in [0, 0.05) is 6.61 Å². The second-order valence-corrected chi connectivity index (χ2v) is 4.33. The van der Waals surface area contributed by atoms with Gasteiger partial charge in [0.15, 0.2) is 0 Å². The summed E-state index contributed by atoms with van der Waals surface area (Å²) in [6.45, 7) is 8.74. The third-order valence-electron chi connectivity index (χ3n) is 1.44. The molecule has 0 amide bonds. The Hall–Kier alpha value is -0.610. The summed E-state index contributed by atoms with van der Waals surface area (Å²) in [6.07, 6.45) is 0. The van der Waals surface area contributed by atoms with E-state index in [2.05, 4.69) is 13.8 Å². The molecule has 2 N–H and O–H groups in total. The number of hydrogen-bond acceptors (Lipinski definition) is 4. The van der Waals surface area contributed by atoms with Crippen LogP contribution >= 0.6 is 0 Å². The molecular formula is C10H21NO3. The third-order valence-corrected chi connectivity index (χ3v) is 1.44. The smallest absolute Gasteiger partial charge is 0.325 e. The van der Waals surface area contributed by atoms with Gasteiger partial charge in [0.25, 0.3) is 0 Å². The molecule has 0 saturated carbocycles. The molecule has 0 bridgehead atoms. The monoisotopic (exact) mass is 203 g/mol. The fourth-order valence-corrected chi connectivity index (χ4v) is 0.698. The average molecular weight is 203 g/mol. The van der Waals surface area contributed by atoms with E-state index in [1.807, 2.05) is 0 Å². The van der Waals surface area contributed by atoms with E-state index in [4.69, 9.17) is 15.2 Å². The number of carbonyl (C=O) groups excluding carboxylic acids is 1. The quantitative estimate of drug-likeness (QED) is 0.515. The predicted octanol–water partition coefficient (Wildman–Crippen LogP) is 0.940. The zero-order chi connectivity index (χ0) is 11.2. The lowest BCUT2D eigenvalue weighted by molar-refractivity contribution is -0.150. The van der Waals surface area contributed by atoms with Gasteiger partial charge < -0.3 is 15.2 Å². The zero-order valence-electron chi connectivity index (χ0n) is 9.50. The first-order valence-electron chi connectivity index (χ1n) is 4.88. The first kappa shape index (κ1) is 13.4. The topological polar surface area (TPSA) is 61.5 Å². The van der Waals surface area contributed by atoms with Crippen LogP contribution in [0.1, 0.15) is 27.7 Å². The summed E-state index contributed by atoms with van der Waals surface area (Å²) in [5.41, 5.74) is 4.61. The van der Waals surface area contributed by atoms with Crippen molar-refractivity contribution in [2.24, 2.45) is 11.7 Å². The van der Waals surface area contributed by atoms with E-state index in [9.17, 15) is 4.79 Å². The lowest BCUT2D eigenvalue weighted by atomic mass is 10.1. The summed E-state index contributed by atoms with van der Waals surface area (Å²) in [5.74, 6) is 0.0993. The molecule has 0 saturated heterocycles. The van der Waals surface area contributed by atoms with E-state index < -0.39 is 11.5 Å². The number of nitrogens with two attached hydrogens (primary N) is 1. The molecule has 4 nitrogen and oxygen atoms in total. The van der Waals surface area contributed by atoms with Crippen molar-refractivity contribution in [3.8, 4) is 0 Å². The normalized spacial score (nSPS) is 11.9. The Kier molecular flexibility index (Phi) is 5.72. The molecule has 0 atom stereocenters. The minimum Gasteiger partial charge on any atom is -0.462 e. The molecule has 0 spiro atoms. The number of rotatable bonds is 6. The summed E-state index contributed by atoms with van der Waals surface area (Å²) in [4.78, 5) is 11.2. The molecule has 4 heteroatoms. The SMILES string of the molecule is CC(C)COCCOC(=O)C(C)(C)N. The van der Waals surface area contributed by atoms with E-state index in [1.165, 1.54) is 0 Å². The van der Waals surface area contributed by atoms with Gasteiger partial charge >= 0.3 is 5.97 Å². The molecule has 0 aliphatic carbocycles. The highest BCUT2D eigenvalue weighted by Crippen LogP contribution is 1.99. The van der Waals surface area contributed by atoms with E-state index >= 15 is 0 Å². The highest BCUT2D eigenvalue weighted by atomic mass is 16.6. The Morgan fingerprint density at radius 1 is 1.36 bits per heavy atom. The molecule has 0 heterocycles. The Morgan fingerprint density at radius 3 is 2.36 bits per heavy atom. The Bertz CT molecular complexity index is 173. The largest absolute Gasteiger partial charge is 0.462 e.